The summed E-state index contributed by atoms with van der Waals surface area (Å²) in [6.07, 6.45) is 3.10. The second-order valence-electron chi connectivity index (χ2n) is 5.05. The Kier molecular flexibility index (Phi) is 5.01. The van der Waals surface area contributed by atoms with Crippen molar-refractivity contribution in [1.82, 2.24) is 4.90 Å². The molecule has 1 aromatic carbocycles. The summed E-state index contributed by atoms with van der Waals surface area (Å²) in [4.78, 5) is 13.8. The summed E-state index contributed by atoms with van der Waals surface area (Å²) < 4.78 is 22.5. The summed E-state index contributed by atoms with van der Waals surface area (Å²) >= 11 is 5.88. The third-order valence-corrected chi connectivity index (χ3v) is 5.31. The number of anilines is 1. The minimum absolute atomic E-state index is 0.0190. The molecule has 0 aliphatic carbocycles. The highest BCUT2D eigenvalue weighted by Gasteiger charge is 2.23. The molecule has 2 rings (SSSR count). The Morgan fingerprint density at radius 3 is 2.67 bits per heavy atom. The normalized spacial score (nSPS) is 19.4. The number of nitrogens with zero attached hydrogens (tertiary/aromatic N) is 1. The van der Waals surface area contributed by atoms with Crippen molar-refractivity contribution in [3.63, 3.8) is 0 Å². The van der Waals surface area contributed by atoms with Gasteiger partial charge in [-0.05, 0) is 44.4 Å². The molecule has 0 saturated carbocycles. The number of halogens is 2. The van der Waals surface area contributed by atoms with Crippen LogP contribution in [-0.2, 0) is 9.05 Å². The zero-order valence-electron chi connectivity index (χ0n) is 11.5. The number of hydrogen-bond donors (Lipinski definition) is 1. The Morgan fingerprint density at radius 1 is 1.38 bits per heavy atom. The van der Waals surface area contributed by atoms with E-state index in [-0.39, 0.29) is 22.0 Å². The van der Waals surface area contributed by atoms with Crippen LogP contribution in [0, 0.1) is 0 Å². The predicted octanol–water partition coefficient (Wildman–Crippen LogP) is 3.67. The van der Waals surface area contributed by atoms with Crippen LogP contribution in [-0.4, -0.2) is 31.9 Å². The molecule has 0 bridgehead atoms. The average molecular weight is 351 g/mol. The smallest absolute Gasteiger partial charge is 0.322 e. The van der Waals surface area contributed by atoms with Gasteiger partial charge in [0.25, 0.3) is 9.05 Å². The lowest BCUT2D eigenvalue weighted by atomic mass is 10.0. The Bertz CT molecular complexity index is 649. The van der Waals surface area contributed by atoms with E-state index < -0.39 is 9.05 Å². The van der Waals surface area contributed by atoms with Crippen molar-refractivity contribution in [2.75, 3.05) is 11.9 Å². The highest BCUT2D eigenvalue weighted by atomic mass is 35.7. The van der Waals surface area contributed by atoms with Gasteiger partial charge in [-0.2, -0.15) is 0 Å². The zero-order valence-corrected chi connectivity index (χ0v) is 13.8. The minimum Gasteiger partial charge on any atom is -0.322 e. The van der Waals surface area contributed by atoms with Crippen molar-refractivity contribution in [3.8, 4) is 0 Å². The van der Waals surface area contributed by atoms with E-state index in [2.05, 4.69) is 5.32 Å². The molecule has 5 nitrogen and oxygen atoms in total. The third-order valence-electron chi connectivity index (χ3n) is 3.51. The van der Waals surface area contributed by atoms with E-state index in [1.54, 1.807) is 4.90 Å². The molecule has 1 aromatic rings. The summed E-state index contributed by atoms with van der Waals surface area (Å²) in [6.45, 7) is 2.73. The van der Waals surface area contributed by atoms with Crippen LogP contribution >= 0.6 is 22.3 Å². The van der Waals surface area contributed by atoms with Crippen LogP contribution in [0.25, 0.3) is 0 Å². The SMILES string of the molecule is C[C@@H]1CCCCN1C(=O)Nc1ccc(S(=O)(=O)Cl)c(Cl)c1. The van der Waals surface area contributed by atoms with Crippen molar-refractivity contribution in [3.05, 3.63) is 23.2 Å². The van der Waals surface area contributed by atoms with E-state index in [1.807, 2.05) is 6.92 Å². The number of benzene rings is 1. The van der Waals surface area contributed by atoms with Gasteiger partial charge in [-0.1, -0.05) is 11.6 Å². The third kappa shape index (κ3) is 4.02. The van der Waals surface area contributed by atoms with Gasteiger partial charge in [-0.25, -0.2) is 13.2 Å². The number of urea groups is 1. The molecular weight excluding hydrogens is 335 g/mol. The molecule has 1 aliphatic heterocycles. The molecule has 1 N–H and O–H groups in total. The van der Waals surface area contributed by atoms with Gasteiger partial charge in [0.15, 0.2) is 0 Å². The van der Waals surface area contributed by atoms with Crippen molar-refractivity contribution < 1.29 is 13.2 Å². The molecule has 1 saturated heterocycles. The molecule has 0 unspecified atom stereocenters. The number of hydrogen-bond acceptors (Lipinski definition) is 3. The Labute approximate surface area is 133 Å². The molecule has 1 aliphatic rings. The van der Waals surface area contributed by atoms with Crippen molar-refractivity contribution in [2.45, 2.75) is 37.1 Å². The van der Waals surface area contributed by atoms with Crippen LogP contribution in [0.3, 0.4) is 0 Å². The number of likely N-dealkylation sites (tertiary alicyclic amines) is 1. The molecule has 1 atom stereocenters. The first-order valence-electron chi connectivity index (χ1n) is 6.61. The number of carbonyl (C=O) groups excluding carboxylic acids is 1. The second kappa shape index (κ2) is 6.42. The first-order chi connectivity index (χ1) is 9.79. The average Bonchev–Trinajstić information content (AvgIpc) is 2.37. The summed E-state index contributed by atoms with van der Waals surface area (Å²) in [6, 6.07) is 4.10. The van der Waals surface area contributed by atoms with Crippen LogP contribution in [0.2, 0.25) is 5.02 Å². The predicted molar refractivity (Wildman–Crippen MR) is 83.5 cm³/mol. The molecular formula is C13H16Cl2N2O3S. The van der Waals surface area contributed by atoms with Gasteiger partial charge in [-0.15, -0.1) is 0 Å². The van der Waals surface area contributed by atoms with Crippen molar-refractivity contribution in [2.24, 2.45) is 0 Å². The fourth-order valence-electron chi connectivity index (χ4n) is 2.37. The maximum Gasteiger partial charge on any atom is 0.322 e. The maximum atomic E-state index is 12.2. The molecule has 0 radical (unpaired) electrons. The Morgan fingerprint density at radius 2 is 2.10 bits per heavy atom. The number of rotatable bonds is 2. The van der Waals surface area contributed by atoms with Gasteiger partial charge in [-0.3, -0.25) is 0 Å². The lowest BCUT2D eigenvalue weighted by Crippen LogP contribution is -2.44. The van der Waals surface area contributed by atoms with Gasteiger partial charge < -0.3 is 10.2 Å². The monoisotopic (exact) mass is 350 g/mol. The summed E-state index contributed by atoms with van der Waals surface area (Å²) in [5, 5.41) is 2.71. The van der Waals surface area contributed by atoms with Gasteiger partial charge in [0.2, 0.25) is 0 Å². The van der Waals surface area contributed by atoms with Crippen molar-refractivity contribution in [1.29, 1.82) is 0 Å². The van der Waals surface area contributed by atoms with E-state index in [4.69, 9.17) is 22.3 Å². The van der Waals surface area contributed by atoms with E-state index in [9.17, 15) is 13.2 Å². The Hall–Kier alpha value is -0.980. The highest BCUT2D eigenvalue weighted by Crippen LogP contribution is 2.28. The van der Waals surface area contributed by atoms with Crippen LogP contribution < -0.4 is 5.32 Å². The van der Waals surface area contributed by atoms with E-state index in [0.717, 1.165) is 25.8 Å². The van der Waals surface area contributed by atoms with Gasteiger partial charge >= 0.3 is 6.03 Å². The van der Waals surface area contributed by atoms with E-state index >= 15 is 0 Å². The molecule has 2 amide bonds. The van der Waals surface area contributed by atoms with Crippen LogP contribution in [0.5, 0.6) is 0 Å². The fourth-order valence-corrected chi connectivity index (χ4v) is 3.90. The van der Waals surface area contributed by atoms with Crippen LogP contribution in [0.1, 0.15) is 26.2 Å². The largest absolute Gasteiger partial charge is 0.322 e. The highest BCUT2D eigenvalue weighted by molar-refractivity contribution is 8.13. The van der Waals surface area contributed by atoms with E-state index in [0.29, 0.717) is 5.69 Å². The molecule has 0 spiro atoms. The molecule has 1 heterocycles. The number of nitrogens with one attached hydrogen (secondary N) is 1. The first-order valence-corrected chi connectivity index (χ1v) is 9.29. The molecule has 116 valence electrons. The summed E-state index contributed by atoms with van der Waals surface area (Å²) in [7, 11) is 1.36. The quantitative estimate of drug-likeness (QED) is 0.827. The molecule has 21 heavy (non-hydrogen) atoms. The fraction of sp³-hybridized carbons (Fsp3) is 0.462. The summed E-state index contributed by atoms with van der Waals surface area (Å²) in [5.41, 5.74) is 0.437. The lowest BCUT2D eigenvalue weighted by Gasteiger charge is -2.33. The Balaban J connectivity index is 2.13. The topological polar surface area (TPSA) is 66.5 Å². The van der Waals surface area contributed by atoms with Gasteiger partial charge in [0.05, 0.1) is 5.02 Å². The van der Waals surface area contributed by atoms with Crippen LogP contribution in [0.4, 0.5) is 10.5 Å². The maximum absolute atomic E-state index is 12.2. The zero-order chi connectivity index (χ0) is 15.6. The number of carbonyl (C=O) groups is 1. The first kappa shape index (κ1) is 16.4. The van der Waals surface area contributed by atoms with Crippen molar-refractivity contribution >= 4 is 43.1 Å². The van der Waals surface area contributed by atoms with Gasteiger partial charge in [0, 0.05) is 29.0 Å². The lowest BCUT2D eigenvalue weighted by molar-refractivity contribution is 0.170. The molecule has 1 fully saturated rings. The number of amides is 2. The number of piperidine rings is 1. The molecule has 0 aromatic heterocycles. The second-order valence-corrected chi connectivity index (χ2v) is 7.99. The van der Waals surface area contributed by atoms with E-state index in [1.165, 1.54) is 18.2 Å². The minimum atomic E-state index is -3.89. The standard InChI is InChI=1S/C13H16Cl2N2O3S/c1-9-4-2-3-7-17(9)13(18)16-10-5-6-12(11(14)8-10)21(15,19)20/h5-6,8-9H,2-4,7H2,1H3,(H,16,18)/t9-/m1/s1. The summed E-state index contributed by atoms with van der Waals surface area (Å²) in [5.74, 6) is 0. The molecule has 8 heteroatoms. The van der Waals surface area contributed by atoms with Crippen LogP contribution in [0.15, 0.2) is 23.1 Å². The van der Waals surface area contributed by atoms with Gasteiger partial charge in [0.1, 0.15) is 4.90 Å².